The van der Waals surface area contributed by atoms with Crippen molar-refractivity contribution in [2.75, 3.05) is 0 Å². The van der Waals surface area contributed by atoms with E-state index in [1.807, 2.05) is 33.7 Å². The van der Waals surface area contributed by atoms with Crippen molar-refractivity contribution in [3.63, 3.8) is 0 Å². The van der Waals surface area contributed by atoms with E-state index in [1.165, 1.54) is 45.3 Å². The second-order valence-electron chi connectivity index (χ2n) is 6.88. The molecule has 35 heavy (non-hydrogen) atoms. The molecule has 0 aliphatic carbocycles. The first-order chi connectivity index (χ1) is 17.0. The number of ketones is 4. The maximum atomic E-state index is 12.2. The number of carbonyl (C=O) groups excluding carboxylic acids is 4. The van der Waals surface area contributed by atoms with Gasteiger partial charge < -0.3 is 0 Å². The molecular weight excluding hydrogens is 541 g/mol. The molecule has 0 unspecified atom stereocenters. The smallest absolute Gasteiger partial charge is 0.224 e. The highest BCUT2D eigenvalue weighted by atomic mass is 32.1. The van der Waals surface area contributed by atoms with Crippen LogP contribution >= 0.6 is 57.1 Å². The summed E-state index contributed by atoms with van der Waals surface area (Å²) in [6.07, 6.45) is 0.606. The lowest BCUT2D eigenvalue weighted by Crippen LogP contribution is -2.09. The summed E-state index contributed by atoms with van der Waals surface area (Å²) in [7, 11) is 0. The fraction of sp³-hybridized carbons (Fsp3) is 0.0833. The van der Waals surface area contributed by atoms with E-state index in [-0.39, 0.29) is 34.5 Å². The molecule has 176 valence electrons. The summed E-state index contributed by atoms with van der Waals surface area (Å²) in [5, 5.41) is 7.37. The number of Topliss-reactive ketones (excluding diaryl/α,β-unsaturated/α-hetero) is 2. The summed E-state index contributed by atoms with van der Waals surface area (Å²) >= 11 is 6.38. The third-order valence-electron chi connectivity index (χ3n) is 4.58. The highest BCUT2D eigenvalue weighted by Crippen LogP contribution is 2.21. The Bertz CT molecular complexity index is 1290. The maximum absolute atomic E-state index is 12.2. The third-order valence-corrected chi connectivity index (χ3v) is 8.67. The Kier molecular flexibility index (Phi) is 8.72. The Morgan fingerprint density at radius 2 is 0.886 bits per heavy atom. The van der Waals surface area contributed by atoms with Gasteiger partial charge in [0.25, 0.3) is 0 Å². The molecule has 0 atom stereocenters. The molecule has 0 amide bonds. The zero-order valence-electron chi connectivity index (χ0n) is 17.9. The molecule has 0 N–H and O–H groups in total. The van der Waals surface area contributed by atoms with Crippen molar-refractivity contribution in [1.29, 1.82) is 0 Å². The number of rotatable bonds is 9. The van der Waals surface area contributed by atoms with Crippen molar-refractivity contribution < 1.29 is 19.2 Å². The number of aromatic nitrogens is 2. The van der Waals surface area contributed by atoms with Crippen molar-refractivity contribution in [2.24, 2.45) is 0 Å². The van der Waals surface area contributed by atoms with E-state index in [2.05, 4.69) is 8.75 Å². The molecule has 0 aliphatic rings. The fourth-order valence-corrected chi connectivity index (χ4v) is 6.14. The van der Waals surface area contributed by atoms with Gasteiger partial charge in [-0.15, -0.1) is 45.3 Å². The molecule has 5 aromatic rings. The summed E-state index contributed by atoms with van der Waals surface area (Å²) < 4.78 is 7.95. The van der Waals surface area contributed by atoms with Gasteiger partial charge in [0.2, 0.25) is 11.6 Å². The number of carbonyl (C=O) groups is 4. The van der Waals surface area contributed by atoms with Crippen LogP contribution in [0.4, 0.5) is 0 Å². The Morgan fingerprint density at radius 1 is 0.543 bits per heavy atom. The monoisotopic (exact) mass is 556 g/mol. The minimum Gasteiger partial charge on any atom is -0.293 e. The highest BCUT2D eigenvalue weighted by molar-refractivity contribution is 7.13. The molecule has 11 heteroatoms. The fourth-order valence-electron chi connectivity index (χ4n) is 2.88. The second-order valence-corrected chi connectivity index (χ2v) is 11.2. The van der Waals surface area contributed by atoms with E-state index < -0.39 is 0 Å². The van der Waals surface area contributed by atoms with Gasteiger partial charge in [-0.2, -0.15) is 8.75 Å². The van der Waals surface area contributed by atoms with Crippen LogP contribution < -0.4 is 0 Å². The van der Waals surface area contributed by atoms with Crippen molar-refractivity contribution in [1.82, 2.24) is 8.75 Å². The van der Waals surface area contributed by atoms with Crippen LogP contribution in [-0.4, -0.2) is 31.9 Å². The average molecular weight is 557 g/mol. The van der Waals surface area contributed by atoms with Crippen LogP contribution in [0.5, 0.6) is 0 Å². The largest absolute Gasteiger partial charge is 0.293 e. The van der Waals surface area contributed by atoms with Gasteiger partial charge in [-0.3, -0.25) is 19.2 Å². The number of hydrogen-bond acceptors (Lipinski definition) is 11. The standard InChI is InChI=1S/C12H6N2O2S3.C12H10O2S2/c15-11(7-3-1-5-17-7)9-10(14-19-13-9)12(16)8-4-2-6-18-8;13-9(11-3-1-7-15-11)5-6-10(14)12-4-2-8-16-12/h1-6H;1-4,7-8H,5-6H2. The first kappa shape index (κ1) is 25.1. The van der Waals surface area contributed by atoms with Crippen LogP contribution in [0.1, 0.15) is 62.9 Å². The minimum absolute atomic E-state index is 0.0555. The molecule has 0 saturated heterocycles. The zero-order valence-corrected chi connectivity index (χ0v) is 22.0. The molecule has 5 aromatic heterocycles. The lowest BCUT2D eigenvalue weighted by Gasteiger charge is -1.96. The Labute approximate surface area is 220 Å². The molecule has 0 aliphatic heterocycles. The van der Waals surface area contributed by atoms with Crippen molar-refractivity contribution in [2.45, 2.75) is 12.8 Å². The Morgan fingerprint density at radius 3 is 1.20 bits per heavy atom. The molecule has 0 aromatic carbocycles. The number of nitrogens with zero attached hydrogens (tertiary/aromatic N) is 2. The average Bonchev–Trinajstić information content (AvgIpc) is 3.73. The molecule has 0 saturated carbocycles. The predicted molar refractivity (Wildman–Crippen MR) is 142 cm³/mol. The van der Waals surface area contributed by atoms with E-state index >= 15 is 0 Å². The summed E-state index contributed by atoms with van der Waals surface area (Å²) in [5.74, 6) is -0.382. The lowest BCUT2D eigenvalue weighted by molar-refractivity contribution is 0.0921. The quantitative estimate of drug-likeness (QED) is 0.186. The summed E-state index contributed by atoms with van der Waals surface area (Å²) in [6.45, 7) is 0. The van der Waals surface area contributed by atoms with E-state index in [9.17, 15) is 19.2 Å². The van der Waals surface area contributed by atoms with Crippen molar-refractivity contribution in [3.05, 3.63) is 101 Å². The molecule has 0 spiro atoms. The van der Waals surface area contributed by atoms with Gasteiger partial charge in [0.15, 0.2) is 23.0 Å². The van der Waals surface area contributed by atoms with Crippen LogP contribution in [0.15, 0.2) is 70.1 Å². The van der Waals surface area contributed by atoms with Crippen LogP contribution in [0, 0.1) is 0 Å². The van der Waals surface area contributed by atoms with E-state index in [1.54, 1.807) is 36.4 Å². The molecular formula is C24H16N2O4S5. The normalized spacial score (nSPS) is 10.4. The van der Waals surface area contributed by atoms with Crippen LogP contribution in [0.25, 0.3) is 0 Å². The molecule has 5 heterocycles. The third kappa shape index (κ3) is 6.38. The SMILES string of the molecule is O=C(CCC(=O)c1cccs1)c1cccs1.O=C(c1cccs1)c1nsnc1C(=O)c1cccs1. The number of thiophene rings is 4. The van der Waals surface area contributed by atoms with Gasteiger partial charge in [-0.1, -0.05) is 24.3 Å². The van der Waals surface area contributed by atoms with Crippen LogP contribution in [-0.2, 0) is 0 Å². The minimum atomic E-state index is -0.247. The van der Waals surface area contributed by atoms with Crippen LogP contribution in [0.3, 0.4) is 0 Å². The zero-order chi connectivity index (χ0) is 24.6. The predicted octanol–water partition coefficient (Wildman–Crippen LogP) is 6.78. The molecule has 6 nitrogen and oxygen atoms in total. The van der Waals surface area contributed by atoms with E-state index in [4.69, 9.17) is 0 Å². The lowest BCUT2D eigenvalue weighted by atomic mass is 10.1. The van der Waals surface area contributed by atoms with Gasteiger partial charge in [0.1, 0.15) is 0 Å². The summed E-state index contributed by atoms with van der Waals surface area (Å²) in [4.78, 5) is 50.3. The Hall–Kier alpha value is -2.96. The molecule has 0 radical (unpaired) electrons. The second kappa shape index (κ2) is 12.1. The van der Waals surface area contributed by atoms with Gasteiger partial charge in [-0.25, -0.2) is 0 Å². The summed E-state index contributed by atoms with van der Waals surface area (Å²) in [5.41, 5.74) is 0.289. The van der Waals surface area contributed by atoms with Gasteiger partial charge >= 0.3 is 0 Å². The first-order valence-corrected chi connectivity index (χ1v) is 14.4. The number of hydrogen-bond donors (Lipinski definition) is 0. The van der Waals surface area contributed by atoms with Crippen LogP contribution in [0.2, 0.25) is 0 Å². The van der Waals surface area contributed by atoms with E-state index in [0.29, 0.717) is 22.6 Å². The first-order valence-electron chi connectivity index (χ1n) is 10.2. The van der Waals surface area contributed by atoms with Crippen molar-refractivity contribution >= 4 is 80.2 Å². The highest BCUT2D eigenvalue weighted by Gasteiger charge is 2.25. The van der Waals surface area contributed by atoms with Gasteiger partial charge in [0.05, 0.1) is 31.2 Å². The molecule has 0 fully saturated rings. The van der Waals surface area contributed by atoms with Gasteiger partial charge in [-0.05, 0) is 45.8 Å². The Balaban J connectivity index is 0.000000168. The van der Waals surface area contributed by atoms with E-state index in [0.717, 1.165) is 21.5 Å². The van der Waals surface area contributed by atoms with Gasteiger partial charge in [0, 0.05) is 12.8 Å². The molecule has 0 bridgehead atoms. The molecule has 5 rings (SSSR count). The van der Waals surface area contributed by atoms with Crippen molar-refractivity contribution in [3.8, 4) is 0 Å². The summed E-state index contributed by atoms with van der Waals surface area (Å²) in [6, 6.07) is 14.3. The maximum Gasteiger partial charge on any atom is 0.224 e. The topological polar surface area (TPSA) is 94.1 Å².